The second kappa shape index (κ2) is 8.15. The van der Waals surface area contributed by atoms with Gasteiger partial charge in [-0.15, -0.1) is 0 Å². The average Bonchev–Trinajstić information content (AvgIpc) is 1.45. The minimum atomic E-state index is -2.67. The summed E-state index contributed by atoms with van der Waals surface area (Å²) in [5.41, 5.74) is 0. The van der Waals surface area contributed by atoms with E-state index in [1.807, 2.05) is 0 Å². The molecule has 14 heavy (non-hydrogen) atoms. The molecular formula is C7H19O5PS. The first-order chi connectivity index (χ1) is 5.73. The second-order valence-electron chi connectivity index (χ2n) is 3.35. The van der Waals surface area contributed by atoms with Crippen LogP contribution in [-0.2, 0) is 19.2 Å². The van der Waals surface area contributed by atoms with E-state index in [2.05, 4.69) is 0 Å². The Kier molecular flexibility index (Phi) is 11.3. The molecule has 0 radical (unpaired) electrons. The monoisotopic (exact) mass is 246 g/mol. The summed E-state index contributed by atoms with van der Waals surface area (Å²) < 4.78 is 29.0. The van der Waals surface area contributed by atoms with Crippen molar-refractivity contribution in [3.8, 4) is 0 Å². The third-order valence-electron chi connectivity index (χ3n) is 0. The Bertz CT molecular complexity index is 267. The molecule has 5 nitrogen and oxygen atoms in total. The molecule has 0 aromatic carbocycles. The molecule has 0 aromatic heterocycles. The summed E-state index contributed by atoms with van der Waals surface area (Å²) in [7, 11) is -5.31. The Hall–Kier alpha value is -0.190. The Morgan fingerprint density at radius 3 is 1.14 bits per heavy atom. The van der Waals surface area contributed by atoms with Crippen molar-refractivity contribution in [1.29, 1.82) is 0 Å². The summed E-state index contributed by atoms with van der Waals surface area (Å²) in [6.45, 7) is 5.65. The van der Waals surface area contributed by atoms with E-state index in [4.69, 9.17) is 4.89 Å². The van der Waals surface area contributed by atoms with E-state index < -0.39 is 17.2 Å². The van der Waals surface area contributed by atoms with Gasteiger partial charge < -0.3 is 9.69 Å². The lowest BCUT2D eigenvalue weighted by molar-refractivity contribution is -0.114. The minimum absolute atomic E-state index is 0.167. The van der Waals surface area contributed by atoms with Crippen LogP contribution in [0.2, 0.25) is 0 Å². The first-order valence-electron chi connectivity index (χ1n) is 3.63. The van der Waals surface area contributed by atoms with E-state index in [0.29, 0.717) is 0 Å². The number of rotatable bonds is 0. The predicted octanol–water partition coefficient (Wildman–Crippen LogP) is 0.772. The van der Waals surface area contributed by atoms with Gasteiger partial charge in [0.25, 0.3) is 0 Å². The van der Waals surface area contributed by atoms with Crippen molar-refractivity contribution < 1.29 is 22.7 Å². The molecule has 88 valence electrons. The maximum atomic E-state index is 9.77. The highest BCUT2D eigenvalue weighted by molar-refractivity contribution is 7.89. The van der Waals surface area contributed by atoms with Crippen LogP contribution in [0.5, 0.6) is 0 Å². The smallest absolute Gasteiger partial charge is 0.194 e. The van der Waals surface area contributed by atoms with Gasteiger partial charge in [-0.1, -0.05) is 0 Å². The molecule has 0 spiro atoms. The highest BCUT2D eigenvalue weighted by Gasteiger charge is 1.92. The van der Waals surface area contributed by atoms with Gasteiger partial charge in [0.05, 0.1) is 0 Å². The number of sulfone groups is 1. The van der Waals surface area contributed by atoms with Crippen molar-refractivity contribution in [1.82, 2.24) is 0 Å². The van der Waals surface area contributed by atoms with Crippen LogP contribution in [0, 0.1) is 0 Å². The molecule has 7 heteroatoms. The Morgan fingerprint density at radius 2 is 1.14 bits per heavy atom. The lowest BCUT2D eigenvalue weighted by atomic mass is 10.6. The lowest BCUT2D eigenvalue weighted by Gasteiger charge is -1.86. The van der Waals surface area contributed by atoms with E-state index in [1.165, 1.54) is 27.2 Å². The van der Waals surface area contributed by atoms with Crippen molar-refractivity contribution in [2.75, 3.05) is 25.8 Å². The molecular weight excluding hydrogens is 227 g/mol. The van der Waals surface area contributed by atoms with Gasteiger partial charge in [0.15, 0.2) is 7.37 Å². The number of hydrogen-bond donors (Lipinski definition) is 1. The van der Waals surface area contributed by atoms with Crippen LogP contribution in [0.3, 0.4) is 0 Å². The van der Waals surface area contributed by atoms with Gasteiger partial charge in [0.1, 0.15) is 15.6 Å². The summed E-state index contributed by atoms with van der Waals surface area (Å²) >= 11 is 0. The van der Waals surface area contributed by atoms with Crippen LogP contribution in [0.1, 0.15) is 13.8 Å². The molecule has 0 aliphatic carbocycles. The molecule has 0 saturated heterocycles. The van der Waals surface area contributed by atoms with Crippen LogP contribution < -0.4 is 0 Å². The Labute approximate surface area is 85.9 Å². The Balaban J connectivity index is -0.000000131. The van der Waals surface area contributed by atoms with E-state index in [9.17, 15) is 17.8 Å². The van der Waals surface area contributed by atoms with Gasteiger partial charge in [0.2, 0.25) is 0 Å². The highest BCUT2D eigenvalue weighted by Crippen LogP contribution is 2.27. The number of hydrogen-bond acceptors (Lipinski definition) is 4. The molecule has 0 amide bonds. The van der Waals surface area contributed by atoms with Gasteiger partial charge in [0, 0.05) is 25.8 Å². The second-order valence-corrected chi connectivity index (χ2v) is 8.22. The third kappa shape index (κ3) is 38200. The van der Waals surface area contributed by atoms with Gasteiger partial charge >= 0.3 is 0 Å². The topological polar surface area (TPSA) is 88.5 Å². The zero-order valence-electron chi connectivity index (χ0n) is 9.44. The fourth-order valence-corrected chi connectivity index (χ4v) is 0. The fourth-order valence-electron chi connectivity index (χ4n) is 0. The molecule has 0 fully saturated rings. The Morgan fingerprint density at radius 1 is 1.14 bits per heavy atom. The molecule has 0 bridgehead atoms. The molecule has 0 unspecified atom stereocenters. The van der Waals surface area contributed by atoms with E-state index in [-0.39, 0.29) is 5.78 Å². The van der Waals surface area contributed by atoms with Gasteiger partial charge in [-0.3, -0.25) is 4.57 Å². The third-order valence-corrected chi connectivity index (χ3v) is 0. The van der Waals surface area contributed by atoms with Gasteiger partial charge in [-0.2, -0.15) is 0 Å². The van der Waals surface area contributed by atoms with Gasteiger partial charge in [-0.05, 0) is 13.8 Å². The molecule has 1 N–H and O–H groups in total. The largest absolute Gasteiger partial charge is 0.345 e. The van der Waals surface area contributed by atoms with Crippen molar-refractivity contribution in [3.63, 3.8) is 0 Å². The van der Waals surface area contributed by atoms with Gasteiger partial charge in [-0.25, -0.2) is 8.42 Å². The summed E-state index contributed by atoms with van der Waals surface area (Å²) in [6.07, 6.45) is 2.32. The zero-order chi connectivity index (χ0) is 12.6. The minimum Gasteiger partial charge on any atom is -0.345 e. The zero-order valence-corrected chi connectivity index (χ0v) is 11.1. The first-order valence-corrected chi connectivity index (χ1v) is 8.48. The molecule has 0 rings (SSSR count). The number of carbonyl (C=O) groups is 1. The van der Waals surface area contributed by atoms with Crippen LogP contribution >= 0.6 is 7.37 Å². The average molecular weight is 246 g/mol. The summed E-state index contributed by atoms with van der Waals surface area (Å²) in [6, 6.07) is 0. The molecule has 0 aromatic rings. The van der Waals surface area contributed by atoms with Crippen molar-refractivity contribution in [3.05, 3.63) is 0 Å². The summed E-state index contributed by atoms with van der Waals surface area (Å²) in [5, 5.41) is 0. The number of carbonyl (C=O) groups excluding carboxylic acids is 1. The number of ketones is 1. The SMILES string of the molecule is CC(C)=O.CP(C)(=O)O.CS(C)(=O)=O. The van der Waals surface area contributed by atoms with Crippen molar-refractivity contribution in [2.45, 2.75) is 13.8 Å². The lowest BCUT2D eigenvalue weighted by Crippen LogP contribution is -1.86. The molecule has 0 saturated carbocycles. The fraction of sp³-hybridized carbons (Fsp3) is 0.857. The first kappa shape index (κ1) is 19.4. The molecule has 0 atom stereocenters. The van der Waals surface area contributed by atoms with Crippen LogP contribution in [-0.4, -0.2) is 44.9 Å². The summed E-state index contributed by atoms with van der Waals surface area (Å²) in [4.78, 5) is 17.5. The van der Waals surface area contributed by atoms with E-state index >= 15 is 0 Å². The molecule has 0 aliphatic rings. The van der Waals surface area contributed by atoms with Crippen molar-refractivity contribution in [2.24, 2.45) is 0 Å². The highest BCUT2D eigenvalue weighted by atomic mass is 32.2. The van der Waals surface area contributed by atoms with Crippen LogP contribution in [0.25, 0.3) is 0 Å². The molecule has 0 aliphatic heterocycles. The normalized spacial score (nSPS) is 10.2. The quantitative estimate of drug-likeness (QED) is 0.638. The van der Waals surface area contributed by atoms with Crippen molar-refractivity contribution >= 4 is 23.0 Å². The predicted molar refractivity (Wildman–Crippen MR) is 58.8 cm³/mol. The summed E-state index contributed by atoms with van der Waals surface area (Å²) in [5.74, 6) is 0.167. The van der Waals surface area contributed by atoms with E-state index in [0.717, 1.165) is 12.5 Å². The maximum absolute atomic E-state index is 9.77. The van der Waals surface area contributed by atoms with Crippen LogP contribution in [0.15, 0.2) is 0 Å². The number of Topliss-reactive ketones (excluding diaryl/α,β-unsaturated/α-hetero) is 1. The maximum Gasteiger partial charge on any atom is 0.194 e. The molecule has 0 heterocycles. The van der Waals surface area contributed by atoms with Crippen LogP contribution in [0.4, 0.5) is 0 Å². The standard InChI is InChI=1S/C3H6O.C2H7O2P.C2H6O2S/c1-3(2)4;2*1-5(2,3)4/h1-2H3;1-2H3,(H,3,4);1-2H3. The van der Waals surface area contributed by atoms with E-state index in [1.54, 1.807) is 0 Å².